The Labute approximate surface area is 183 Å². The van der Waals surface area contributed by atoms with Crippen LogP contribution in [0, 0.1) is 18.3 Å². The number of nitrogens with zero attached hydrogens (tertiary/aromatic N) is 3. The van der Waals surface area contributed by atoms with Crippen LogP contribution < -0.4 is 10.9 Å². The second-order valence-electron chi connectivity index (χ2n) is 7.01. The molecule has 0 bridgehead atoms. The van der Waals surface area contributed by atoms with E-state index >= 15 is 0 Å². The van der Waals surface area contributed by atoms with E-state index in [0.717, 1.165) is 24.8 Å². The van der Waals surface area contributed by atoms with Gasteiger partial charge in [-0.2, -0.15) is 5.26 Å². The number of unbranched alkanes of at least 4 members (excludes halogenated alkanes) is 2. The van der Waals surface area contributed by atoms with Crippen LogP contribution in [-0.4, -0.2) is 21.2 Å². The van der Waals surface area contributed by atoms with Gasteiger partial charge in [0.1, 0.15) is 4.70 Å². The minimum absolute atomic E-state index is 0.0414. The molecule has 2 heterocycles. The van der Waals surface area contributed by atoms with Crippen LogP contribution in [0.25, 0.3) is 10.2 Å². The number of nitrogens with one attached hydrogen (secondary N) is 1. The molecular weight excluding hydrogens is 416 g/mol. The van der Waals surface area contributed by atoms with Gasteiger partial charge >= 0.3 is 0 Å². The second kappa shape index (κ2) is 11.0. The van der Waals surface area contributed by atoms with Crippen LogP contribution in [0.5, 0.6) is 0 Å². The van der Waals surface area contributed by atoms with Gasteiger partial charge in [-0.3, -0.25) is 14.2 Å². The molecule has 3 rings (SSSR count). The summed E-state index contributed by atoms with van der Waals surface area (Å²) in [4.78, 5) is 29.4. The van der Waals surface area contributed by atoms with E-state index in [4.69, 9.17) is 5.26 Å². The number of rotatable bonds is 10. The molecule has 0 aliphatic carbocycles. The number of hydrogen-bond donors (Lipinski definition) is 1. The number of benzene rings is 1. The first kappa shape index (κ1) is 22.1. The third-order valence-corrected chi connectivity index (χ3v) is 6.43. The van der Waals surface area contributed by atoms with E-state index in [2.05, 4.69) is 16.4 Å². The van der Waals surface area contributed by atoms with Crippen LogP contribution in [0.2, 0.25) is 0 Å². The second-order valence-corrected chi connectivity index (χ2v) is 8.86. The van der Waals surface area contributed by atoms with E-state index in [1.54, 1.807) is 4.57 Å². The summed E-state index contributed by atoms with van der Waals surface area (Å²) in [5.74, 6) is 0.295. The van der Waals surface area contributed by atoms with Crippen molar-refractivity contribution in [1.29, 1.82) is 5.26 Å². The van der Waals surface area contributed by atoms with Gasteiger partial charge in [0.25, 0.3) is 5.56 Å². The zero-order valence-electron chi connectivity index (χ0n) is 16.9. The fourth-order valence-electron chi connectivity index (χ4n) is 3.05. The third kappa shape index (κ3) is 5.94. The molecule has 0 saturated heterocycles. The number of thiophene rings is 1. The molecule has 1 amide bonds. The van der Waals surface area contributed by atoms with E-state index in [1.807, 2.05) is 42.6 Å². The molecular formula is C22H24N4O2S2. The first-order valence-corrected chi connectivity index (χ1v) is 11.7. The maximum atomic E-state index is 12.8. The smallest absolute Gasteiger partial charge is 0.272 e. The minimum atomic E-state index is -0.0497. The van der Waals surface area contributed by atoms with Crippen LogP contribution >= 0.6 is 23.1 Å². The van der Waals surface area contributed by atoms with Gasteiger partial charge < -0.3 is 5.32 Å². The molecule has 1 N–H and O–H groups in total. The summed E-state index contributed by atoms with van der Waals surface area (Å²) in [5, 5.41) is 14.3. The van der Waals surface area contributed by atoms with E-state index in [9.17, 15) is 9.59 Å². The highest BCUT2D eigenvalue weighted by molar-refractivity contribution is 7.99. The van der Waals surface area contributed by atoms with Crippen molar-refractivity contribution in [2.45, 2.75) is 50.9 Å². The van der Waals surface area contributed by atoms with Crippen molar-refractivity contribution >= 4 is 39.2 Å². The summed E-state index contributed by atoms with van der Waals surface area (Å²) < 4.78 is 2.31. The summed E-state index contributed by atoms with van der Waals surface area (Å²) in [7, 11) is 0. The number of carbonyl (C=O) groups excluding carboxylic acids is 1. The number of aryl methyl sites for hydroxylation is 1. The summed E-state index contributed by atoms with van der Waals surface area (Å²) >= 11 is 2.67. The van der Waals surface area contributed by atoms with Crippen LogP contribution in [-0.2, 0) is 17.9 Å². The SMILES string of the molecule is Cc1ccc(CNC(=O)CCCCCn2c(SCC#N)nc3ccsc3c2=O)cc1. The fourth-order valence-corrected chi connectivity index (χ4v) is 4.52. The Balaban J connectivity index is 1.46. The number of aromatic nitrogens is 2. The Bertz CT molecular complexity index is 1100. The number of amides is 1. The number of nitriles is 1. The van der Waals surface area contributed by atoms with Crippen LogP contribution in [0.4, 0.5) is 0 Å². The molecule has 0 spiro atoms. The molecule has 0 aliphatic heterocycles. The summed E-state index contributed by atoms with van der Waals surface area (Å²) in [6.07, 6.45) is 2.86. The number of thioether (sulfide) groups is 1. The Morgan fingerprint density at radius 1 is 1.23 bits per heavy atom. The maximum Gasteiger partial charge on any atom is 0.272 e. The van der Waals surface area contributed by atoms with Crippen molar-refractivity contribution in [3.63, 3.8) is 0 Å². The van der Waals surface area contributed by atoms with E-state index < -0.39 is 0 Å². The number of carbonyl (C=O) groups is 1. The maximum absolute atomic E-state index is 12.8. The summed E-state index contributed by atoms with van der Waals surface area (Å²) in [5.41, 5.74) is 2.93. The van der Waals surface area contributed by atoms with Crippen molar-refractivity contribution in [2.75, 3.05) is 5.75 Å². The van der Waals surface area contributed by atoms with Gasteiger partial charge in [0.15, 0.2) is 5.16 Å². The van der Waals surface area contributed by atoms with Crippen molar-refractivity contribution in [1.82, 2.24) is 14.9 Å². The van der Waals surface area contributed by atoms with E-state index in [-0.39, 0.29) is 17.2 Å². The Morgan fingerprint density at radius 3 is 2.80 bits per heavy atom. The lowest BCUT2D eigenvalue weighted by molar-refractivity contribution is -0.121. The molecule has 2 aromatic heterocycles. The van der Waals surface area contributed by atoms with Gasteiger partial charge in [-0.15, -0.1) is 11.3 Å². The van der Waals surface area contributed by atoms with Crippen LogP contribution in [0.1, 0.15) is 36.8 Å². The molecule has 1 aromatic carbocycles. The molecule has 156 valence electrons. The van der Waals surface area contributed by atoms with E-state index in [0.29, 0.717) is 34.9 Å². The standard InChI is InChI=1S/C22H24N4O2S2/c1-16-6-8-17(9-7-16)15-24-19(27)5-3-2-4-12-26-21(28)20-18(10-13-29-20)25-22(26)30-14-11-23/h6-10,13H,2-5,12,14-15H2,1H3,(H,24,27). The molecule has 3 aromatic rings. The Kier molecular flexibility index (Phi) is 8.05. The quantitative estimate of drug-likeness (QED) is 0.289. The highest BCUT2D eigenvalue weighted by atomic mass is 32.2. The number of fused-ring (bicyclic) bond motifs is 1. The molecule has 30 heavy (non-hydrogen) atoms. The lowest BCUT2D eigenvalue weighted by Gasteiger charge is -2.11. The van der Waals surface area contributed by atoms with Crippen molar-refractivity contribution < 1.29 is 4.79 Å². The van der Waals surface area contributed by atoms with Gasteiger partial charge in [0.05, 0.1) is 17.3 Å². The average Bonchev–Trinajstić information content (AvgIpc) is 3.22. The Hall–Kier alpha value is -2.63. The molecule has 0 saturated carbocycles. The third-order valence-electron chi connectivity index (χ3n) is 4.69. The molecule has 0 fully saturated rings. The lowest BCUT2D eigenvalue weighted by Crippen LogP contribution is -2.23. The molecule has 0 atom stereocenters. The van der Waals surface area contributed by atoms with Crippen LogP contribution in [0.3, 0.4) is 0 Å². The summed E-state index contributed by atoms with van der Waals surface area (Å²) in [6.45, 7) is 3.12. The highest BCUT2D eigenvalue weighted by Crippen LogP contribution is 2.21. The fraction of sp³-hybridized carbons (Fsp3) is 0.364. The normalized spacial score (nSPS) is 10.8. The van der Waals surface area contributed by atoms with Gasteiger partial charge in [-0.1, -0.05) is 48.0 Å². The van der Waals surface area contributed by atoms with Crippen molar-refractivity contribution in [2.24, 2.45) is 0 Å². The Morgan fingerprint density at radius 2 is 2.03 bits per heavy atom. The minimum Gasteiger partial charge on any atom is -0.352 e. The average molecular weight is 441 g/mol. The van der Waals surface area contributed by atoms with Gasteiger partial charge in [0, 0.05) is 19.5 Å². The zero-order chi connectivity index (χ0) is 21.3. The van der Waals surface area contributed by atoms with Gasteiger partial charge in [0.2, 0.25) is 5.91 Å². The number of hydrogen-bond acceptors (Lipinski definition) is 6. The monoisotopic (exact) mass is 440 g/mol. The molecule has 0 aliphatic rings. The van der Waals surface area contributed by atoms with E-state index in [1.165, 1.54) is 28.7 Å². The predicted molar refractivity (Wildman–Crippen MR) is 122 cm³/mol. The van der Waals surface area contributed by atoms with Gasteiger partial charge in [-0.05, 0) is 36.8 Å². The van der Waals surface area contributed by atoms with Gasteiger partial charge in [-0.25, -0.2) is 4.98 Å². The predicted octanol–water partition coefficient (Wildman–Crippen LogP) is 4.26. The molecule has 8 heteroatoms. The molecule has 0 unspecified atom stereocenters. The zero-order valence-corrected chi connectivity index (χ0v) is 18.5. The first-order valence-electron chi connectivity index (χ1n) is 9.88. The van der Waals surface area contributed by atoms with Crippen molar-refractivity contribution in [3.8, 4) is 6.07 Å². The van der Waals surface area contributed by atoms with Crippen LogP contribution in [0.15, 0.2) is 45.7 Å². The van der Waals surface area contributed by atoms with Crippen molar-refractivity contribution in [3.05, 3.63) is 57.2 Å². The topological polar surface area (TPSA) is 87.8 Å². The summed E-state index contributed by atoms with van der Waals surface area (Å²) in [6, 6.07) is 12.0. The highest BCUT2D eigenvalue weighted by Gasteiger charge is 2.12. The first-order chi connectivity index (χ1) is 14.6. The molecule has 0 radical (unpaired) electrons. The molecule has 6 nitrogen and oxygen atoms in total. The largest absolute Gasteiger partial charge is 0.352 e. The lowest BCUT2D eigenvalue weighted by atomic mass is 10.1.